The Hall–Kier alpha value is -0.490. The van der Waals surface area contributed by atoms with Gasteiger partial charge in [0.25, 0.3) is 0 Å². The van der Waals surface area contributed by atoms with E-state index < -0.39 is 0 Å². The van der Waals surface area contributed by atoms with E-state index in [0.29, 0.717) is 12.0 Å². The molecule has 1 aromatic rings. The number of benzene rings is 1. The second-order valence-corrected chi connectivity index (χ2v) is 5.31. The molecule has 0 saturated carbocycles. The molecule has 0 heterocycles. The van der Waals surface area contributed by atoms with Gasteiger partial charge in [-0.2, -0.15) is 0 Å². The molecule has 1 atom stereocenters. The summed E-state index contributed by atoms with van der Waals surface area (Å²) < 4.78 is 14.4. The SMILES string of the molecule is CN(C)CCC(Cc1ccc(Br)cc1F)NN. The lowest BCUT2D eigenvalue weighted by Crippen LogP contribution is -2.39. The van der Waals surface area contributed by atoms with Gasteiger partial charge in [-0.15, -0.1) is 0 Å². The molecule has 0 aromatic heterocycles. The van der Waals surface area contributed by atoms with E-state index in [0.717, 1.165) is 17.4 Å². The lowest BCUT2D eigenvalue weighted by molar-refractivity contribution is 0.356. The molecule has 0 bridgehead atoms. The lowest BCUT2D eigenvalue weighted by atomic mass is 10.0. The second kappa shape index (κ2) is 7.06. The van der Waals surface area contributed by atoms with Crippen LogP contribution in [0.25, 0.3) is 0 Å². The average molecular weight is 304 g/mol. The van der Waals surface area contributed by atoms with Gasteiger partial charge >= 0.3 is 0 Å². The predicted molar refractivity (Wildman–Crippen MR) is 72.1 cm³/mol. The minimum atomic E-state index is -0.190. The molecule has 17 heavy (non-hydrogen) atoms. The number of hydrogen-bond donors (Lipinski definition) is 2. The maximum Gasteiger partial charge on any atom is 0.127 e. The molecule has 5 heteroatoms. The smallest absolute Gasteiger partial charge is 0.127 e. The molecule has 1 unspecified atom stereocenters. The summed E-state index contributed by atoms with van der Waals surface area (Å²) in [5, 5.41) is 0. The molecule has 0 fully saturated rings. The fraction of sp³-hybridized carbons (Fsp3) is 0.500. The summed E-state index contributed by atoms with van der Waals surface area (Å²) in [4.78, 5) is 2.09. The Morgan fingerprint density at radius 3 is 2.71 bits per heavy atom. The molecule has 1 rings (SSSR count). The third-order valence-corrected chi connectivity index (χ3v) is 3.14. The van der Waals surface area contributed by atoms with E-state index in [-0.39, 0.29) is 11.9 Å². The minimum absolute atomic E-state index is 0.0908. The first-order chi connectivity index (χ1) is 8.02. The molecule has 1 aromatic carbocycles. The van der Waals surface area contributed by atoms with E-state index in [1.807, 2.05) is 20.2 Å². The molecule has 0 saturated heterocycles. The van der Waals surface area contributed by atoms with Crippen molar-refractivity contribution >= 4 is 15.9 Å². The molecule has 96 valence electrons. The molecule has 0 amide bonds. The van der Waals surface area contributed by atoms with Crippen molar-refractivity contribution in [3.8, 4) is 0 Å². The van der Waals surface area contributed by atoms with Gasteiger partial charge in [0.05, 0.1) is 0 Å². The van der Waals surface area contributed by atoms with Crippen LogP contribution >= 0.6 is 15.9 Å². The quantitative estimate of drug-likeness (QED) is 0.623. The fourth-order valence-electron chi connectivity index (χ4n) is 1.61. The molecule has 0 aliphatic rings. The Kier molecular flexibility index (Phi) is 6.05. The maximum atomic E-state index is 13.6. The van der Waals surface area contributed by atoms with Gasteiger partial charge in [-0.1, -0.05) is 22.0 Å². The molecule has 0 radical (unpaired) electrons. The normalized spacial score (nSPS) is 13.1. The monoisotopic (exact) mass is 303 g/mol. The van der Waals surface area contributed by atoms with Crippen molar-refractivity contribution in [3.63, 3.8) is 0 Å². The summed E-state index contributed by atoms with van der Waals surface area (Å²) in [6.07, 6.45) is 1.49. The van der Waals surface area contributed by atoms with Crippen LogP contribution in [0.1, 0.15) is 12.0 Å². The molecule has 3 N–H and O–H groups in total. The van der Waals surface area contributed by atoms with Gasteiger partial charge in [-0.25, -0.2) is 4.39 Å². The number of nitrogens with two attached hydrogens (primary N) is 1. The van der Waals surface area contributed by atoms with E-state index in [1.54, 1.807) is 6.07 Å². The number of nitrogens with zero attached hydrogens (tertiary/aromatic N) is 1. The number of hydrazine groups is 1. The van der Waals surface area contributed by atoms with Crippen molar-refractivity contribution in [2.45, 2.75) is 18.9 Å². The van der Waals surface area contributed by atoms with Crippen molar-refractivity contribution in [2.75, 3.05) is 20.6 Å². The Morgan fingerprint density at radius 1 is 1.47 bits per heavy atom. The zero-order valence-electron chi connectivity index (χ0n) is 10.2. The summed E-state index contributed by atoms with van der Waals surface area (Å²) in [5.41, 5.74) is 3.43. The van der Waals surface area contributed by atoms with Crippen LogP contribution in [0, 0.1) is 5.82 Å². The minimum Gasteiger partial charge on any atom is -0.309 e. The van der Waals surface area contributed by atoms with Crippen molar-refractivity contribution in [1.82, 2.24) is 10.3 Å². The van der Waals surface area contributed by atoms with Gasteiger partial charge in [-0.05, 0) is 51.2 Å². The van der Waals surface area contributed by atoms with E-state index in [2.05, 4.69) is 26.3 Å². The van der Waals surface area contributed by atoms with Gasteiger partial charge in [0, 0.05) is 10.5 Å². The maximum absolute atomic E-state index is 13.6. The largest absolute Gasteiger partial charge is 0.309 e. The second-order valence-electron chi connectivity index (χ2n) is 4.40. The first-order valence-corrected chi connectivity index (χ1v) is 6.37. The standard InChI is InChI=1S/C12H19BrFN3/c1-17(2)6-5-11(16-15)7-9-3-4-10(13)8-12(9)14/h3-4,8,11,16H,5-7,15H2,1-2H3. The fourth-order valence-corrected chi connectivity index (χ4v) is 1.94. The number of rotatable bonds is 6. The highest BCUT2D eigenvalue weighted by Gasteiger charge is 2.11. The Balaban J connectivity index is 2.60. The Labute approximate surface area is 110 Å². The van der Waals surface area contributed by atoms with Gasteiger partial charge in [0.2, 0.25) is 0 Å². The number of nitrogens with one attached hydrogen (secondary N) is 1. The molecule has 0 aliphatic carbocycles. The van der Waals surface area contributed by atoms with Crippen LogP contribution in [0.4, 0.5) is 4.39 Å². The van der Waals surface area contributed by atoms with Crippen LogP contribution in [0.15, 0.2) is 22.7 Å². The van der Waals surface area contributed by atoms with Crippen LogP contribution < -0.4 is 11.3 Å². The van der Waals surface area contributed by atoms with Crippen molar-refractivity contribution in [1.29, 1.82) is 0 Å². The van der Waals surface area contributed by atoms with Crippen LogP contribution in [-0.4, -0.2) is 31.6 Å². The summed E-state index contributed by atoms with van der Waals surface area (Å²) in [6, 6.07) is 5.21. The van der Waals surface area contributed by atoms with Gasteiger partial charge in [-0.3, -0.25) is 11.3 Å². The van der Waals surface area contributed by atoms with Crippen molar-refractivity contribution in [2.24, 2.45) is 5.84 Å². The molecule has 0 spiro atoms. The van der Waals surface area contributed by atoms with E-state index in [1.165, 1.54) is 6.07 Å². The topological polar surface area (TPSA) is 41.3 Å². The molecule has 0 aliphatic heterocycles. The summed E-state index contributed by atoms with van der Waals surface area (Å²) in [7, 11) is 4.02. The number of halogens is 2. The number of hydrogen-bond acceptors (Lipinski definition) is 3. The first-order valence-electron chi connectivity index (χ1n) is 5.57. The van der Waals surface area contributed by atoms with E-state index in [9.17, 15) is 4.39 Å². The third-order valence-electron chi connectivity index (χ3n) is 2.64. The summed E-state index contributed by atoms with van der Waals surface area (Å²) >= 11 is 3.24. The van der Waals surface area contributed by atoms with Crippen LogP contribution in [-0.2, 0) is 6.42 Å². The lowest BCUT2D eigenvalue weighted by Gasteiger charge is -2.18. The third kappa shape index (κ3) is 5.12. The van der Waals surface area contributed by atoms with Gasteiger partial charge in [0.15, 0.2) is 0 Å². The summed E-state index contributed by atoms with van der Waals surface area (Å²) in [6.45, 7) is 0.924. The van der Waals surface area contributed by atoms with E-state index in [4.69, 9.17) is 5.84 Å². The zero-order valence-corrected chi connectivity index (χ0v) is 11.8. The van der Waals surface area contributed by atoms with Crippen LogP contribution in [0.5, 0.6) is 0 Å². The molecule has 3 nitrogen and oxygen atoms in total. The first kappa shape index (κ1) is 14.6. The van der Waals surface area contributed by atoms with Gasteiger partial charge in [0.1, 0.15) is 5.82 Å². The Morgan fingerprint density at radius 2 is 2.18 bits per heavy atom. The van der Waals surface area contributed by atoms with Crippen molar-refractivity contribution in [3.05, 3.63) is 34.1 Å². The molecular weight excluding hydrogens is 285 g/mol. The van der Waals surface area contributed by atoms with Crippen molar-refractivity contribution < 1.29 is 4.39 Å². The highest BCUT2D eigenvalue weighted by molar-refractivity contribution is 9.10. The average Bonchev–Trinajstić information content (AvgIpc) is 2.26. The highest BCUT2D eigenvalue weighted by atomic mass is 79.9. The zero-order chi connectivity index (χ0) is 12.8. The van der Waals surface area contributed by atoms with E-state index >= 15 is 0 Å². The predicted octanol–water partition coefficient (Wildman–Crippen LogP) is 1.91. The van der Waals surface area contributed by atoms with Crippen LogP contribution in [0.2, 0.25) is 0 Å². The molecular formula is C12H19BrFN3. The highest BCUT2D eigenvalue weighted by Crippen LogP contribution is 2.17. The van der Waals surface area contributed by atoms with Gasteiger partial charge < -0.3 is 4.90 Å². The summed E-state index contributed by atoms with van der Waals surface area (Å²) in [5.74, 6) is 5.30. The Bertz CT molecular complexity index is 358. The van der Waals surface area contributed by atoms with Crippen LogP contribution in [0.3, 0.4) is 0 Å².